The van der Waals surface area contributed by atoms with Crippen molar-refractivity contribution in [3.8, 4) is 0 Å². The van der Waals surface area contributed by atoms with Crippen LogP contribution in [0.15, 0.2) is 79.0 Å². The van der Waals surface area contributed by atoms with Gasteiger partial charge in [-0.2, -0.15) is 0 Å². The van der Waals surface area contributed by atoms with Crippen LogP contribution in [0.1, 0.15) is 27.3 Å². The number of aryl methyl sites for hydroxylation is 1. The van der Waals surface area contributed by atoms with E-state index in [9.17, 15) is 4.79 Å². The van der Waals surface area contributed by atoms with Crippen LogP contribution in [0.2, 0.25) is 5.02 Å². The summed E-state index contributed by atoms with van der Waals surface area (Å²) in [6.07, 6.45) is 1.74. The molecule has 0 aliphatic carbocycles. The maximum Gasteiger partial charge on any atom is 0.273 e. The maximum atomic E-state index is 13.6. The first-order valence-electron chi connectivity index (χ1n) is 9.13. The predicted molar refractivity (Wildman–Crippen MR) is 111 cm³/mol. The standard InChI is InChI=1S/C23H20ClN3O/c1-17-22(27-16-20(24)12-13-21(27)25-17)23(28)26(14-18-8-4-2-5-9-18)15-19-10-6-3-7-11-19/h2-13,16H,14-15H2,1H3. The molecule has 0 aliphatic heterocycles. The molecular formula is C23H20ClN3O. The van der Waals surface area contributed by atoms with Crippen LogP contribution < -0.4 is 0 Å². The van der Waals surface area contributed by atoms with Gasteiger partial charge in [-0.3, -0.25) is 9.20 Å². The normalized spacial score (nSPS) is 10.9. The van der Waals surface area contributed by atoms with E-state index in [1.54, 1.807) is 16.7 Å². The van der Waals surface area contributed by atoms with Gasteiger partial charge >= 0.3 is 0 Å². The van der Waals surface area contributed by atoms with E-state index in [-0.39, 0.29) is 5.91 Å². The zero-order valence-electron chi connectivity index (χ0n) is 15.5. The summed E-state index contributed by atoms with van der Waals surface area (Å²) in [4.78, 5) is 20.0. The molecule has 2 heterocycles. The van der Waals surface area contributed by atoms with Gasteiger partial charge in [-0.05, 0) is 30.2 Å². The highest BCUT2D eigenvalue weighted by molar-refractivity contribution is 6.30. The molecular weight excluding hydrogens is 370 g/mol. The Morgan fingerprint density at radius 2 is 1.50 bits per heavy atom. The number of imidazole rings is 1. The fourth-order valence-electron chi connectivity index (χ4n) is 3.35. The van der Waals surface area contributed by atoms with Crippen molar-refractivity contribution in [2.24, 2.45) is 0 Å². The van der Waals surface area contributed by atoms with Gasteiger partial charge in [0.05, 0.1) is 10.7 Å². The van der Waals surface area contributed by atoms with Gasteiger partial charge in [-0.25, -0.2) is 4.98 Å². The fraction of sp³-hybridized carbons (Fsp3) is 0.130. The average molecular weight is 390 g/mol. The minimum atomic E-state index is -0.0695. The van der Waals surface area contributed by atoms with E-state index in [1.807, 2.05) is 78.6 Å². The molecule has 28 heavy (non-hydrogen) atoms. The van der Waals surface area contributed by atoms with Gasteiger partial charge < -0.3 is 4.90 Å². The molecule has 2 aromatic carbocycles. The zero-order chi connectivity index (χ0) is 19.5. The van der Waals surface area contributed by atoms with Crippen LogP contribution in [0.25, 0.3) is 5.65 Å². The second-order valence-corrected chi connectivity index (χ2v) is 7.19. The molecule has 140 valence electrons. The van der Waals surface area contributed by atoms with Crippen LogP contribution in [0.4, 0.5) is 0 Å². The van der Waals surface area contributed by atoms with Gasteiger partial charge in [0.15, 0.2) is 0 Å². The lowest BCUT2D eigenvalue weighted by Gasteiger charge is -2.23. The molecule has 2 aromatic heterocycles. The first kappa shape index (κ1) is 18.3. The van der Waals surface area contributed by atoms with Crippen molar-refractivity contribution in [3.63, 3.8) is 0 Å². The number of benzene rings is 2. The van der Waals surface area contributed by atoms with Crippen LogP contribution in [0.3, 0.4) is 0 Å². The lowest BCUT2D eigenvalue weighted by atomic mass is 10.1. The summed E-state index contributed by atoms with van der Waals surface area (Å²) in [7, 11) is 0. The van der Waals surface area contributed by atoms with Gasteiger partial charge in [-0.15, -0.1) is 0 Å². The fourth-order valence-corrected chi connectivity index (χ4v) is 3.51. The number of rotatable bonds is 5. The Labute approximate surface area is 169 Å². The Bertz CT molecular complexity index is 1070. The molecule has 4 nitrogen and oxygen atoms in total. The van der Waals surface area contributed by atoms with Gasteiger partial charge in [0.1, 0.15) is 11.3 Å². The number of aromatic nitrogens is 2. The Morgan fingerprint density at radius 3 is 2.07 bits per heavy atom. The summed E-state index contributed by atoms with van der Waals surface area (Å²) in [5, 5.41) is 0.566. The third kappa shape index (κ3) is 3.78. The number of halogens is 1. The highest BCUT2D eigenvalue weighted by atomic mass is 35.5. The number of fused-ring (bicyclic) bond motifs is 1. The SMILES string of the molecule is Cc1nc2ccc(Cl)cn2c1C(=O)N(Cc1ccccc1)Cc1ccccc1. The average Bonchev–Trinajstić information content (AvgIpc) is 3.03. The van der Waals surface area contributed by atoms with E-state index in [1.165, 1.54) is 0 Å². The van der Waals surface area contributed by atoms with Gasteiger partial charge in [0, 0.05) is 19.3 Å². The van der Waals surface area contributed by atoms with Gasteiger partial charge in [0.25, 0.3) is 5.91 Å². The summed E-state index contributed by atoms with van der Waals surface area (Å²) in [6.45, 7) is 2.89. The zero-order valence-corrected chi connectivity index (χ0v) is 16.3. The predicted octanol–water partition coefficient (Wildman–Crippen LogP) is 5.14. The number of pyridine rings is 1. The number of carbonyl (C=O) groups is 1. The minimum Gasteiger partial charge on any atom is -0.329 e. The van der Waals surface area contributed by atoms with Crippen LogP contribution >= 0.6 is 11.6 Å². The quantitative estimate of drug-likeness (QED) is 0.474. The highest BCUT2D eigenvalue weighted by Gasteiger charge is 2.23. The van der Waals surface area contributed by atoms with Crippen molar-refractivity contribution >= 4 is 23.2 Å². The summed E-state index contributed by atoms with van der Waals surface area (Å²) in [5.41, 5.74) is 4.11. The van der Waals surface area contributed by atoms with Crippen molar-refractivity contribution in [1.29, 1.82) is 0 Å². The minimum absolute atomic E-state index is 0.0695. The van der Waals surface area contributed by atoms with E-state index in [4.69, 9.17) is 11.6 Å². The number of hydrogen-bond acceptors (Lipinski definition) is 2. The van der Waals surface area contributed by atoms with Gasteiger partial charge in [0.2, 0.25) is 0 Å². The molecule has 0 atom stereocenters. The summed E-state index contributed by atoms with van der Waals surface area (Å²) in [5.74, 6) is -0.0695. The molecule has 0 spiro atoms. The van der Waals surface area contributed by atoms with Crippen molar-refractivity contribution in [1.82, 2.24) is 14.3 Å². The second kappa shape index (κ2) is 7.87. The molecule has 0 bridgehead atoms. The maximum absolute atomic E-state index is 13.6. The summed E-state index contributed by atoms with van der Waals surface area (Å²) in [6, 6.07) is 23.6. The van der Waals surface area contributed by atoms with Gasteiger partial charge in [-0.1, -0.05) is 72.3 Å². The van der Waals surface area contributed by atoms with Crippen LogP contribution in [-0.2, 0) is 13.1 Å². The third-order valence-corrected chi connectivity index (χ3v) is 4.90. The van der Waals surface area contributed by atoms with Crippen LogP contribution in [-0.4, -0.2) is 20.2 Å². The summed E-state index contributed by atoms with van der Waals surface area (Å²) < 4.78 is 1.78. The van der Waals surface area contributed by atoms with Crippen molar-refractivity contribution in [2.75, 3.05) is 0 Å². The lowest BCUT2D eigenvalue weighted by Crippen LogP contribution is -2.31. The topological polar surface area (TPSA) is 37.6 Å². The third-order valence-electron chi connectivity index (χ3n) is 4.68. The first-order chi connectivity index (χ1) is 13.6. The van der Waals surface area contributed by atoms with E-state index in [2.05, 4.69) is 4.98 Å². The smallest absolute Gasteiger partial charge is 0.273 e. The molecule has 0 radical (unpaired) electrons. The van der Waals surface area contributed by atoms with Crippen LogP contribution in [0.5, 0.6) is 0 Å². The highest BCUT2D eigenvalue weighted by Crippen LogP contribution is 2.20. The largest absolute Gasteiger partial charge is 0.329 e. The molecule has 0 aliphatic rings. The molecule has 5 heteroatoms. The van der Waals surface area contributed by atoms with E-state index in [0.29, 0.717) is 35.1 Å². The number of nitrogens with zero attached hydrogens (tertiary/aromatic N) is 3. The number of carbonyl (C=O) groups excluding carboxylic acids is 1. The molecule has 0 N–H and O–H groups in total. The van der Waals surface area contributed by atoms with Crippen molar-refractivity contribution in [3.05, 3.63) is 107 Å². The molecule has 1 amide bonds. The molecule has 0 saturated carbocycles. The molecule has 4 aromatic rings. The first-order valence-corrected chi connectivity index (χ1v) is 9.51. The molecule has 0 saturated heterocycles. The Balaban J connectivity index is 1.74. The lowest BCUT2D eigenvalue weighted by molar-refractivity contribution is 0.0722. The van der Waals surface area contributed by atoms with Crippen molar-refractivity contribution in [2.45, 2.75) is 20.0 Å². The molecule has 0 unspecified atom stereocenters. The Hall–Kier alpha value is -3.11. The van der Waals surface area contributed by atoms with E-state index < -0.39 is 0 Å². The number of hydrogen-bond donors (Lipinski definition) is 0. The Kier molecular flexibility index (Phi) is 5.13. The van der Waals surface area contributed by atoms with E-state index >= 15 is 0 Å². The monoisotopic (exact) mass is 389 g/mol. The van der Waals surface area contributed by atoms with Crippen LogP contribution in [0, 0.1) is 6.92 Å². The number of amides is 1. The Morgan fingerprint density at radius 1 is 0.929 bits per heavy atom. The summed E-state index contributed by atoms with van der Waals surface area (Å²) >= 11 is 6.17. The van der Waals surface area contributed by atoms with Crippen molar-refractivity contribution < 1.29 is 4.79 Å². The molecule has 4 rings (SSSR count). The second-order valence-electron chi connectivity index (χ2n) is 6.75. The molecule has 0 fully saturated rings. The van der Waals surface area contributed by atoms with E-state index in [0.717, 1.165) is 11.1 Å².